The lowest BCUT2D eigenvalue weighted by atomic mass is 9.99. The molecule has 0 bridgehead atoms. The molecule has 0 aliphatic carbocycles. The molecule has 1 heterocycles. The van der Waals surface area contributed by atoms with Crippen molar-refractivity contribution in [2.75, 3.05) is 16.2 Å². The number of hydrogen-bond donors (Lipinski definition) is 1. The summed E-state index contributed by atoms with van der Waals surface area (Å²) < 4.78 is 27.9. The van der Waals surface area contributed by atoms with E-state index in [0.29, 0.717) is 24.6 Å². The highest BCUT2D eigenvalue weighted by Gasteiger charge is 2.22. The minimum atomic E-state index is -3.67. The Labute approximate surface area is 155 Å². The molecule has 1 aliphatic heterocycles. The van der Waals surface area contributed by atoms with E-state index >= 15 is 0 Å². The van der Waals surface area contributed by atoms with Crippen molar-refractivity contribution in [2.45, 2.75) is 43.9 Å². The predicted octanol–water partition coefficient (Wildman–Crippen LogP) is 4.13. The Balaban J connectivity index is 1.80. The number of anilines is 2. The number of carbonyl (C=O) groups excluding carboxylic acids is 1. The van der Waals surface area contributed by atoms with Gasteiger partial charge in [0.1, 0.15) is 0 Å². The molecule has 138 valence electrons. The van der Waals surface area contributed by atoms with Crippen LogP contribution in [-0.2, 0) is 14.8 Å². The van der Waals surface area contributed by atoms with Gasteiger partial charge in [0.15, 0.2) is 0 Å². The van der Waals surface area contributed by atoms with Gasteiger partial charge in [0, 0.05) is 18.7 Å². The Bertz CT molecular complexity index is 892. The summed E-state index contributed by atoms with van der Waals surface area (Å²) in [6.07, 6.45) is 2.38. The first-order chi connectivity index (χ1) is 12.4. The lowest BCUT2D eigenvalue weighted by Gasteiger charge is -2.17. The van der Waals surface area contributed by atoms with Gasteiger partial charge in [-0.15, -0.1) is 0 Å². The fourth-order valence-corrected chi connectivity index (χ4v) is 4.13. The van der Waals surface area contributed by atoms with Gasteiger partial charge in [-0.2, -0.15) is 0 Å². The first kappa shape index (κ1) is 18.5. The quantitative estimate of drug-likeness (QED) is 0.829. The standard InChI is InChI=1S/C20H24N2O3S/c1-3-15(2)16-9-11-19(12-10-16)26(24,25)21-17-6-4-7-18(14-17)22-13-5-8-20(22)23/h4,6-7,9-12,14-15,21H,3,5,8,13H2,1-2H3/t15-/m1/s1. The second kappa shape index (κ2) is 7.50. The molecule has 1 amide bonds. The molecule has 2 aromatic rings. The van der Waals surface area contributed by atoms with E-state index in [2.05, 4.69) is 18.6 Å². The molecule has 6 heteroatoms. The molecule has 1 aliphatic rings. The molecule has 1 fully saturated rings. The zero-order chi connectivity index (χ0) is 18.7. The van der Waals surface area contributed by atoms with E-state index in [1.807, 2.05) is 18.2 Å². The smallest absolute Gasteiger partial charge is 0.261 e. The normalized spacial score (nSPS) is 15.9. The summed E-state index contributed by atoms with van der Waals surface area (Å²) in [5.41, 5.74) is 2.30. The van der Waals surface area contributed by atoms with E-state index in [-0.39, 0.29) is 10.8 Å². The van der Waals surface area contributed by atoms with E-state index in [4.69, 9.17) is 0 Å². The summed E-state index contributed by atoms with van der Waals surface area (Å²) in [6.45, 7) is 4.90. The number of nitrogens with one attached hydrogen (secondary N) is 1. The van der Waals surface area contributed by atoms with Crippen molar-refractivity contribution in [3.63, 3.8) is 0 Å². The Morgan fingerprint density at radius 1 is 1.15 bits per heavy atom. The van der Waals surface area contributed by atoms with Crippen LogP contribution in [-0.4, -0.2) is 20.9 Å². The highest BCUT2D eigenvalue weighted by molar-refractivity contribution is 7.92. The van der Waals surface area contributed by atoms with Crippen molar-refractivity contribution in [1.82, 2.24) is 0 Å². The second-order valence-corrected chi connectivity index (χ2v) is 8.37. The monoisotopic (exact) mass is 372 g/mol. The Kier molecular flexibility index (Phi) is 5.32. The molecular formula is C20H24N2O3S. The van der Waals surface area contributed by atoms with E-state index < -0.39 is 10.0 Å². The fourth-order valence-electron chi connectivity index (χ4n) is 3.08. The minimum absolute atomic E-state index is 0.0747. The Morgan fingerprint density at radius 3 is 2.50 bits per heavy atom. The zero-order valence-electron chi connectivity index (χ0n) is 15.1. The van der Waals surface area contributed by atoms with Gasteiger partial charge in [-0.25, -0.2) is 8.42 Å². The van der Waals surface area contributed by atoms with Crippen molar-refractivity contribution in [3.05, 3.63) is 54.1 Å². The maximum atomic E-state index is 12.7. The van der Waals surface area contributed by atoms with Crippen LogP contribution in [0.2, 0.25) is 0 Å². The van der Waals surface area contributed by atoms with Gasteiger partial charge in [-0.3, -0.25) is 9.52 Å². The second-order valence-electron chi connectivity index (χ2n) is 6.68. The molecule has 0 radical (unpaired) electrons. The molecule has 26 heavy (non-hydrogen) atoms. The predicted molar refractivity (Wildman–Crippen MR) is 104 cm³/mol. The van der Waals surface area contributed by atoms with Crippen LogP contribution in [0.15, 0.2) is 53.4 Å². The molecule has 0 spiro atoms. The topological polar surface area (TPSA) is 66.5 Å². The maximum absolute atomic E-state index is 12.7. The summed E-state index contributed by atoms with van der Waals surface area (Å²) in [5.74, 6) is 0.472. The van der Waals surface area contributed by atoms with E-state index in [0.717, 1.165) is 24.1 Å². The highest BCUT2D eigenvalue weighted by Crippen LogP contribution is 2.26. The number of sulfonamides is 1. The lowest BCUT2D eigenvalue weighted by Crippen LogP contribution is -2.23. The SMILES string of the molecule is CC[C@@H](C)c1ccc(S(=O)(=O)Nc2cccc(N3CCCC3=O)c2)cc1. The molecule has 0 aromatic heterocycles. The Morgan fingerprint density at radius 2 is 1.88 bits per heavy atom. The average Bonchev–Trinajstić information content (AvgIpc) is 3.07. The van der Waals surface area contributed by atoms with E-state index in [9.17, 15) is 13.2 Å². The number of carbonyl (C=O) groups is 1. The maximum Gasteiger partial charge on any atom is 0.261 e. The van der Waals surface area contributed by atoms with Gasteiger partial charge in [0.05, 0.1) is 10.6 Å². The van der Waals surface area contributed by atoms with Gasteiger partial charge in [-0.1, -0.05) is 32.0 Å². The highest BCUT2D eigenvalue weighted by atomic mass is 32.2. The number of benzene rings is 2. The van der Waals surface area contributed by atoms with Crippen LogP contribution < -0.4 is 9.62 Å². The summed E-state index contributed by atoms with van der Waals surface area (Å²) in [5, 5.41) is 0. The van der Waals surface area contributed by atoms with Crippen LogP contribution in [0.4, 0.5) is 11.4 Å². The zero-order valence-corrected chi connectivity index (χ0v) is 15.9. The van der Waals surface area contributed by atoms with Gasteiger partial charge in [-0.05, 0) is 54.7 Å². The number of rotatable bonds is 6. The molecule has 0 saturated carbocycles. The van der Waals surface area contributed by atoms with Crippen LogP contribution in [0.5, 0.6) is 0 Å². The van der Waals surface area contributed by atoms with Crippen molar-refractivity contribution >= 4 is 27.3 Å². The first-order valence-corrected chi connectivity index (χ1v) is 10.4. The van der Waals surface area contributed by atoms with Crippen molar-refractivity contribution in [3.8, 4) is 0 Å². The van der Waals surface area contributed by atoms with Crippen LogP contribution in [0.25, 0.3) is 0 Å². The number of amides is 1. The van der Waals surface area contributed by atoms with Gasteiger partial charge in [0.25, 0.3) is 10.0 Å². The van der Waals surface area contributed by atoms with Gasteiger partial charge >= 0.3 is 0 Å². The third-order valence-electron chi connectivity index (χ3n) is 4.86. The molecular weight excluding hydrogens is 348 g/mol. The number of hydrogen-bond acceptors (Lipinski definition) is 3. The van der Waals surface area contributed by atoms with E-state index in [1.165, 1.54) is 0 Å². The van der Waals surface area contributed by atoms with Crippen molar-refractivity contribution in [1.29, 1.82) is 0 Å². The molecule has 5 nitrogen and oxygen atoms in total. The molecule has 1 saturated heterocycles. The summed E-state index contributed by atoms with van der Waals surface area (Å²) >= 11 is 0. The first-order valence-electron chi connectivity index (χ1n) is 8.94. The number of nitrogens with zero attached hydrogens (tertiary/aromatic N) is 1. The van der Waals surface area contributed by atoms with Gasteiger partial charge < -0.3 is 4.90 Å². The third-order valence-corrected chi connectivity index (χ3v) is 6.25. The summed E-state index contributed by atoms with van der Waals surface area (Å²) in [4.78, 5) is 13.8. The molecule has 3 rings (SSSR count). The minimum Gasteiger partial charge on any atom is -0.312 e. The van der Waals surface area contributed by atoms with Crippen LogP contribution >= 0.6 is 0 Å². The van der Waals surface area contributed by atoms with Gasteiger partial charge in [0.2, 0.25) is 5.91 Å². The Hall–Kier alpha value is -2.34. The molecule has 2 aromatic carbocycles. The van der Waals surface area contributed by atoms with Crippen LogP contribution in [0, 0.1) is 0 Å². The van der Waals surface area contributed by atoms with Crippen molar-refractivity contribution in [2.24, 2.45) is 0 Å². The molecule has 0 unspecified atom stereocenters. The summed E-state index contributed by atoms with van der Waals surface area (Å²) in [6, 6.07) is 14.0. The fraction of sp³-hybridized carbons (Fsp3) is 0.350. The third kappa shape index (κ3) is 3.90. The average molecular weight is 372 g/mol. The largest absolute Gasteiger partial charge is 0.312 e. The van der Waals surface area contributed by atoms with Crippen LogP contribution in [0.3, 0.4) is 0 Å². The molecule has 1 N–H and O–H groups in total. The molecule has 1 atom stereocenters. The van der Waals surface area contributed by atoms with E-state index in [1.54, 1.807) is 35.2 Å². The lowest BCUT2D eigenvalue weighted by molar-refractivity contribution is -0.117. The van der Waals surface area contributed by atoms with Crippen LogP contribution in [0.1, 0.15) is 44.6 Å². The van der Waals surface area contributed by atoms with Crippen molar-refractivity contribution < 1.29 is 13.2 Å². The summed E-state index contributed by atoms with van der Waals surface area (Å²) in [7, 11) is -3.67.